The normalized spacial score (nSPS) is 17.9. The topological polar surface area (TPSA) is 6.48 Å². The second-order valence-corrected chi connectivity index (χ2v) is 7.89. The van der Waals surface area contributed by atoms with E-state index in [-0.39, 0.29) is 0 Å². The van der Waals surface area contributed by atoms with Crippen molar-refractivity contribution in [3.63, 3.8) is 0 Å². The summed E-state index contributed by atoms with van der Waals surface area (Å²) in [5.74, 6) is 1.23. The van der Waals surface area contributed by atoms with E-state index in [9.17, 15) is 0 Å². The van der Waals surface area contributed by atoms with Crippen molar-refractivity contribution >= 4 is 17.4 Å². The summed E-state index contributed by atoms with van der Waals surface area (Å²) in [4.78, 5) is 6.75. The molecule has 3 heteroatoms. The number of anilines is 1. The first-order valence-electron chi connectivity index (χ1n) is 9.43. The fraction of sp³-hybridized carbons (Fsp3) is 0.524. The molecular formula is C21H30N2S. The van der Waals surface area contributed by atoms with Gasteiger partial charge in [-0.25, -0.2) is 0 Å². The van der Waals surface area contributed by atoms with Crippen LogP contribution < -0.4 is 4.90 Å². The van der Waals surface area contributed by atoms with Crippen molar-refractivity contribution in [2.24, 2.45) is 0 Å². The number of allylic oxidation sites excluding steroid dienone is 4. The molecule has 24 heavy (non-hydrogen) atoms. The minimum absolute atomic E-state index is 1.15. The fourth-order valence-corrected chi connectivity index (χ4v) is 4.41. The zero-order chi connectivity index (χ0) is 16.5. The third kappa shape index (κ3) is 5.71. The highest BCUT2D eigenvalue weighted by Crippen LogP contribution is 2.25. The van der Waals surface area contributed by atoms with Gasteiger partial charge >= 0.3 is 0 Å². The van der Waals surface area contributed by atoms with Gasteiger partial charge in [0.2, 0.25) is 0 Å². The molecule has 3 rings (SSSR count). The number of benzene rings is 1. The highest BCUT2D eigenvalue weighted by Gasteiger charge is 2.13. The average Bonchev–Trinajstić information content (AvgIpc) is 3.16. The number of thioether (sulfide) groups is 1. The number of likely N-dealkylation sites (tertiary alicyclic amines) is 1. The second-order valence-electron chi connectivity index (χ2n) is 6.67. The maximum absolute atomic E-state index is 2.61. The van der Waals surface area contributed by atoms with E-state index >= 15 is 0 Å². The van der Waals surface area contributed by atoms with Crippen LogP contribution in [0.2, 0.25) is 0 Å². The number of rotatable bonds is 9. The summed E-state index contributed by atoms with van der Waals surface area (Å²) in [5.41, 5.74) is 1.38. The third-order valence-electron chi connectivity index (χ3n) is 4.84. The molecule has 2 aliphatic rings. The molecule has 1 aliphatic carbocycles. The Bertz CT molecular complexity index is 532. The smallest absolute Gasteiger partial charge is 0.0366 e. The van der Waals surface area contributed by atoms with E-state index in [1.165, 1.54) is 63.2 Å². The summed E-state index contributed by atoms with van der Waals surface area (Å²) in [6.07, 6.45) is 13.2. The van der Waals surface area contributed by atoms with Crippen LogP contribution in [0.1, 0.15) is 32.1 Å². The Morgan fingerprint density at radius 3 is 2.62 bits per heavy atom. The molecule has 1 fully saturated rings. The van der Waals surface area contributed by atoms with Crippen LogP contribution in [0.3, 0.4) is 0 Å². The lowest BCUT2D eigenvalue weighted by Crippen LogP contribution is -2.34. The monoisotopic (exact) mass is 342 g/mol. The fourth-order valence-electron chi connectivity index (χ4n) is 3.44. The van der Waals surface area contributed by atoms with Crippen LogP contribution in [0.15, 0.2) is 53.5 Å². The molecular weight excluding hydrogens is 312 g/mol. The van der Waals surface area contributed by atoms with Crippen molar-refractivity contribution in [2.45, 2.75) is 32.1 Å². The first-order valence-corrected chi connectivity index (χ1v) is 10.4. The van der Waals surface area contributed by atoms with Gasteiger partial charge in [0, 0.05) is 25.3 Å². The second kappa shape index (κ2) is 9.95. The minimum atomic E-state index is 1.15. The predicted molar refractivity (Wildman–Crippen MR) is 108 cm³/mol. The van der Waals surface area contributed by atoms with Crippen molar-refractivity contribution in [3.8, 4) is 0 Å². The molecule has 1 aliphatic heterocycles. The molecule has 0 radical (unpaired) electrons. The first kappa shape index (κ1) is 17.6. The third-order valence-corrected chi connectivity index (χ3v) is 6.05. The molecule has 1 aromatic rings. The number of hydrogen-bond donors (Lipinski definition) is 0. The van der Waals surface area contributed by atoms with Crippen LogP contribution in [-0.4, -0.2) is 43.4 Å². The Kier molecular flexibility index (Phi) is 7.31. The van der Waals surface area contributed by atoms with E-state index in [0.717, 1.165) is 13.1 Å². The van der Waals surface area contributed by atoms with Crippen LogP contribution >= 0.6 is 11.8 Å². The van der Waals surface area contributed by atoms with Gasteiger partial charge in [-0.05, 0) is 68.0 Å². The van der Waals surface area contributed by atoms with Gasteiger partial charge in [0.15, 0.2) is 0 Å². The Hall–Kier alpha value is -1.19. The maximum atomic E-state index is 2.61. The van der Waals surface area contributed by atoms with E-state index < -0.39 is 0 Å². The largest absolute Gasteiger partial charge is 0.370 e. The van der Waals surface area contributed by atoms with Gasteiger partial charge in [0.1, 0.15) is 0 Å². The number of para-hydroxylation sites is 1. The van der Waals surface area contributed by atoms with Crippen LogP contribution in [0.4, 0.5) is 5.69 Å². The highest BCUT2D eigenvalue weighted by atomic mass is 32.2. The van der Waals surface area contributed by atoms with Crippen molar-refractivity contribution in [1.82, 2.24) is 4.90 Å². The van der Waals surface area contributed by atoms with Crippen molar-refractivity contribution in [3.05, 3.63) is 53.5 Å². The molecule has 0 amide bonds. The lowest BCUT2D eigenvalue weighted by Gasteiger charge is -2.27. The molecule has 0 N–H and O–H groups in total. The highest BCUT2D eigenvalue weighted by molar-refractivity contribution is 8.03. The molecule has 1 aromatic carbocycles. The SMILES string of the molecule is C1=CCCC(SCCCN(CCN2CCCC2)c2ccccc2)=C1. The standard InChI is InChI=1S/C21H30N2S/c1-3-10-20(11-4-1)23(18-17-22-14-7-8-15-22)16-9-19-24-21-12-5-2-6-13-21/h1-5,10-12H,6-9,13-19H2. The Morgan fingerprint density at radius 1 is 1.04 bits per heavy atom. The van der Waals surface area contributed by atoms with Crippen molar-refractivity contribution in [1.29, 1.82) is 0 Å². The van der Waals surface area contributed by atoms with E-state index in [1.54, 1.807) is 4.91 Å². The summed E-state index contributed by atoms with van der Waals surface area (Å²) in [6, 6.07) is 10.9. The van der Waals surface area contributed by atoms with Gasteiger partial charge in [-0.1, -0.05) is 36.4 Å². The van der Waals surface area contributed by atoms with Crippen molar-refractivity contribution in [2.75, 3.05) is 43.4 Å². The molecule has 0 spiro atoms. The molecule has 0 aromatic heterocycles. The zero-order valence-corrected chi connectivity index (χ0v) is 15.5. The number of nitrogens with zero attached hydrogens (tertiary/aromatic N) is 2. The van der Waals surface area contributed by atoms with Gasteiger partial charge in [-0.3, -0.25) is 0 Å². The average molecular weight is 343 g/mol. The molecule has 0 atom stereocenters. The molecule has 2 nitrogen and oxygen atoms in total. The summed E-state index contributed by atoms with van der Waals surface area (Å²) >= 11 is 2.05. The Balaban J connectivity index is 1.46. The quantitative estimate of drug-likeness (QED) is 0.587. The Labute approximate surface area is 151 Å². The molecule has 1 saturated heterocycles. The number of hydrogen-bond acceptors (Lipinski definition) is 3. The van der Waals surface area contributed by atoms with Crippen molar-refractivity contribution < 1.29 is 0 Å². The lowest BCUT2D eigenvalue weighted by molar-refractivity contribution is 0.344. The van der Waals surface area contributed by atoms with Crippen LogP contribution in [0, 0.1) is 0 Å². The first-order chi connectivity index (χ1) is 11.9. The summed E-state index contributed by atoms with van der Waals surface area (Å²) in [5, 5.41) is 0. The van der Waals surface area contributed by atoms with Crippen LogP contribution in [-0.2, 0) is 0 Å². The van der Waals surface area contributed by atoms with Gasteiger partial charge in [0.05, 0.1) is 0 Å². The lowest BCUT2D eigenvalue weighted by atomic mass is 10.2. The predicted octanol–water partition coefficient (Wildman–Crippen LogP) is 4.95. The molecule has 0 unspecified atom stereocenters. The van der Waals surface area contributed by atoms with Crippen LogP contribution in [0.25, 0.3) is 0 Å². The van der Waals surface area contributed by atoms with E-state index in [4.69, 9.17) is 0 Å². The van der Waals surface area contributed by atoms with Gasteiger partial charge in [0.25, 0.3) is 0 Å². The van der Waals surface area contributed by atoms with E-state index in [1.807, 2.05) is 0 Å². The summed E-state index contributed by atoms with van der Waals surface area (Å²) in [6.45, 7) is 6.10. The van der Waals surface area contributed by atoms with Gasteiger partial charge in [-0.2, -0.15) is 0 Å². The van der Waals surface area contributed by atoms with Crippen LogP contribution in [0.5, 0.6) is 0 Å². The van der Waals surface area contributed by atoms with E-state index in [2.05, 4.69) is 70.1 Å². The zero-order valence-electron chi connectivity index (χ0n) is 14.7. The molecule has 1 heterocycles. The summed E-state index contributed by atoms with van der Waals surface area (Å²) in [7, 11) is 0. The maximum Gasteiger partial charge on any atom is 0.0366 e. The minimum Gasteiger partial charge on any atom is -0.370 e. The molecule has 0 bridgehead atoms. The van der Waals surface area contributed by atoms with Gasteiger partial charge < -0.3 is 9.80 Å². The molecule has 0 saturated carbocycles. The molecule has 130 valence electrons. The van der Waals surface area contributed by atoms with Gasteiger partial charge in [-0.15, -0.1) is 11.8 Å². The Morgan fingerprint density at radius 2 is 1.88 bits per heavy atom. The summed E-state index contributed by atoms with van der Waals surface area (Å²) < 4.78 is 0. The van der Waals surface area contributed by atoms with E-state index in [0.29, 0.717) is 0 Å².